The fourth-order valence-electron chi connectivity index (χ4n) is 1.66. The van der Waals surface area contributed by atoms with E-state index < -0.39 is 5.97 Å². The summed E-state index contributed by atoms with van der Waals surface area (Å²) in [7, 11) is 0. The third-order valence-corrected chi connectivity index (χ3v) is 3.80. The molecule has 0 saturated heterocycles. The molecule has 0 saturated carbocycles. The van der Waals surface area contributed by atoms with Crippen LogP contribution < -0.4 is 10.6 Å². The quantitative estimate of drug-likeness (QED) is 0.733. The molecule has 8 nitrogen and oxygen atoms in total. The van der Waals surface area contributed by atoms with Gasteiger partial charge in [-0.25, -0.2) is 19.6 Å². The van der Waals surface area contributed by atoms with Crippen LogP contribution in [0.5, 0.6) is 0 Å². The number of urea groups is 1. The largest absolute Gasteiger partial charge is 0.477 e. The Morgan fingerprint density at radius 2 is 2.24 bits per heavy atom. The summed E-state index contributed by atoms with van der Waals surface area (Å²) in [5.74, 6) is -0.999. The van der Waals surface area contributed by atoms with Gasteiger partial charge in [0.1, 0.15) is 9.88 Å². The molecule has 9 heteroatoms. The normalized spacial score (nSPS) is 10.3. The molecule has 0 aliphatic rings. The molecule has 21 heavy (non-hydrogen) atoms. The maximum Gasteiger partial charge on any atom is 0.347 e. The summed E-state index contributed by atoms with van der Waals surface area (Å²) in [5.41, 5.74) is 0.463. The van der Waals surface area contributed by atoms with Crippen LogP contribution >= 0.6 is 11.3 Å². The first kappa shape index (κ1) is 15.0. The maximum atomic E-state index is 11.6. The number of hydrogen-bond donors (Lipinski definition) is 3. The number of nitrogens with zero attached hydrogens (tertiary/aromatic N) is 3. The number of carboxylic acid groups (broad SMARTS) is 1. The van der Waals surface area contributed by atoms with Gasteiger partial charge in [-0.15, -0.1) is 11.3 Å². The molecule has 0 fully saturated rings. The average molecular weight is 309 g/mol. The van der Waals surface area contributed by atoms with Gasteiger partial charge in [0.05, 0.1) is 18.6 Å². The molecule has 112 valence electrons. The Balaban J connectivity index is 1.73. The molecule has 0 aromatic carbocycles. The van der Waals surface area contributed by atoms with E-state index in [1.807, 2.05) is 10.8 Å². The highest BCUT2D eigenvalue weighted by molar-refractivity contribution is 7.13. The van der Waals surface area contributed by atoms with Crippen molar-refractivity contribution in [2.24, 2.45) is 0 Å². The number of aromatic nitrogens is 3. The van der Waals surface area contributed by atoms with Gasteiger partial charge in [0.25, 0.3) is 0 Å². The minimum atomic E-state index is -0.999. The van der Waals surface area contributed by atoms with E-state index in [-0.39, 0.29) is 17.5 Å². The summed E-state index contributed by atoms with van der Waals surface area (Å²) in [4.78, 5) is 30.7. The van der Waals surface area contributed by atoms with Crippen molar-refractivity contribution in [1.82, 2.24) is 25.2 Å². The van der Waals surface area contributed by atoms with Crippen LogP contribution in [0, 0.1) is 6.92 Å². The van der Waals surface area contributed by atoms with Crippen molar-refractivity contribution in [3.05, 3.63) is 34.3 Å². The number of rotatable bonds is 6. The highest BCUT2D eigenvalue weighted by Crippen LogP contribution is 2.17. The minimum Gasteiger partial charge on any atom is -0.477 e. The average Bonchev–Trinajstić information content (AvgIpc) is 3.06. The Kier molecular flexibility index (Phi) is 4.88. The molecular weight excluding hydrogens is 294 g/mol. The van der Waals surface area contributed by atoms with E-state index in [4.69, 9.17) is 5.11 Å². The topological polar surface area (TPSA) is 109 Å². The van der Waals surface area contributed by atoms with Crippen molar-refractivity contribution in [3.63, 3.8) is 0 Å². The van der Waals surface area contributed by atoms with Gasteiger partial charge in [-0.1, -0.05) is 0 Å². The molecule has 0 spiro atoms. The second kappa shape index (κ2) is 6.84. The highest BCUT2D eigenvalue weighted by atomic mass is 32.1. The number of aryl methyl sites for hydroxylation is 1. The molecule has 3 N–H and O–H groups in total. The molecular formula is C12H15N5O3S. The third-order valence-electron chi connectivity index (χ3n) is 2.65. The lowest BCUT2D eigenvalue weighted by Crippen LogP contribution is -2.36. The van der Waals surface area contributed by atoms with Gasteiger partial charge in [0.2, 0.25) is 0 Å². The molecule has 0 bridgehead atoms. The highest BCUT2D eigenvalue weighted by Gasteiger charge is 2.14. The van der Waals surface area contributed by atoms with Crippen molar-refractivity contribution in [3.8, 4) is 0 Å². The van der Waals surface area contributed by atoms with E-state index in [9.17, 15) is 9.59 Å². The first-order chi connectivity index (χ1) is 10.1. The number of amides is 2. The number of carbonyl (C=O) groups excluding carboxylic acids is 1. The van der Waals surface area contributed by atoms with Crippen LogP contribution in [-0.4, -0.2) is 38.2 Å². The third kappa shape index (κ3) is 4.28. The van der Waals surface area contributed by atoms with E-state index >= 15 is 0 Å². The Bertz CT molecular complexity index is 623. The van der Waals surface area contributed by atoms with E-state index in [0.717, 1.165) is 11.3 Å². The molecule has 0 unspecified atom stereocenters. The molecule has 2 amide bonds. The van der Waals surface area contributed by atoms with E-state index in [1.54, 1.807) is 19.4 Å². The van der Waals surface area contributed by atoms with Crippen LogP contribution in [0.4, 0.5) is 4.79 Å². The molecule has 2 rings (SSSR count). The minimum absolute atomic E-state index is 0.201. The van der Waals surface area contributed by atoms with Crippen molar-refractivity contribution in [2.75, 3.05) is 6.54 Å². The van der Waals surface area contributed by atoms with Gasteiger partial charge < -0.3 is 20.3 Å². The van der Waals surface area contributed by atoms with Crippen molar-refractivity contribution in [2.45, 2.75) is 20.0 Å². The van der Waals surface area contributed by atoms with Crippen LogP contribution in [0.25, 0.3) is 0 Å². The molecule has 2 aromatic rings. The lowest BCUT2D eigenvalue weighted by molar-refractivity contribution is 0.0701. The number of carbonyl (C=O) groups is 2. The number of aromatic carboxylic acids is 1. The Labute approximate surface area is 124 Å². The van der Waals surface area contributed by atoms with Crippen LogP contribution in [0.1, 0.15) is 20.4 Å². The molecule has 2 heterocycles. The standard InChI is InChI=1S/C12H15N5O3S/c1-8-10(11(18)19)21-9(16-8)6-15-12(20)14-3-5-17-4-2-13-7-17/h2,4,7H,3,5-6H2,1H3,(H,18,19)(H2,14,15,20). The smallest absolute Gasteiger partial charge is 0.347 e. The maximum absolute atomic E-state index is 11.6. The lowest BCUT2D eigenvalue weighted by Gasteiger charge is -2.06. The zero-order valence-electron chi connectivity index (χ0n) is 11.4. The van der Waals surface area contributed by atoms with Crippen molar-refractivity contribution in [1.29, 1.82) is 0 Å². The second-order valence-corrected chi connectivity index (χ2v) is 5.32. The molecule has 0 aliphatic heterocycles. The first-order valence-corrected chi connectivity index (χ1v) is 7.05. The van der Waals surface area contributed by atoms with Gasteiger partial charge in [0.15, 0.2) is 0 Å². The fraction of sp³-hybridized carbons (Fsp3) is 0.333. The Morgan fingerprint density at radius 3 is 2.86 bits per heavy atom. The Morgan fingerprint density at radius 1 is 1.43 bits per heavy atom. The molecule has 2 aromatic heterocycles. The van der Waals surface area contributed by atoms with Gasteiger partial charge in [-0.05, 0) is 6.92 Å². The zero-order valence-corrected chi connectivity index (χ0v) is 12.2. The van der Waals surface area contributed by atoms with E-state index in [0.29, 0.717) is 23.8 Å². The summed E-state index contributed by atoms with van der Waals surface area (Å²) in [6.07, 6.45) is 5.15. The van der Waals surface area contributed by atoms with E-state index in [1.165, 1.54) is 0 Å². The number of hydrogen-bond acceptors (Lipinski definition) is 5. The molecule has 0 aliphatic carbocycles. The fourth-order valence-corrected chi connectivity index (χ4v) is 2.51. The summed E-state index contributed by atoms with van der Waals surface area (Å²) < 4.78 is 1.85. The van der Waals surface area contributed by atoms with Crippen LogP contribution in [0.2, 0.25) is 0 Å². The summed E-state index contributed by atoms with van der Waals surface area (Å²) in [6.45, 7) is 2.94. The molecule has 0 atom stereocenters. The van der Waals surface area contributed by atoms with Gasteiger partial charge in [-0.3, -0.25) is 0 Å². The Hall–Kier alpha value is -2.42. The summed E-state index contributed by atoms with van der Waals surface area (Å²) in [5, 5.41) is 14.8. The number of thiazole rings is 1. The first-order valence-electron chi connectivity index (χ1n) is 6.23. The molecule has 0 radical (unpaired) electrons. The van der Waals surface area contributed by atoms with Crippen LogP contribution in [-0.2, 0) is 13.1 Å². The summed E-state index contributed by atoms with van der Waals surface area (Å²) in [6, 6.07) is -0.320. The summed E-state index contributed by atoms with van der Waals surface area (Å²) >= 11 is 1.07. The van der Waals surface area contributed by atoms with Crippen LogP contribution in [0.3, 0.4) is 0 Å². The second-order valence-electron chi connectivity index (χ2n) is 4.24. The predicted octanol–water partition coefficient (Wildman–Crippen LogP) is 0.846. The van der Waals surface area contributed by atoms with E-state index in [2.05, 4.69) is 20.6 Å². The lowest BCUT2D eigenvalue weighted by atomic mass is 10.4. The van der Waals surface area contributed by atoms with Crippen molar-refractivity contribution < 1.29 is 14.7 Å². The SMILES string of the molecule is Cc1nc(CNC(=O)NCCn2ccnc2)sc1C(=O)O. The predicted molar refractivity (Wildman–Crippen MR) is 76.3 cm³/mol. The van der Waals surface area contributed by atoms with Crippen molar-refractivity contribution >= 4 is 23.3 Å². The van der Waals surface area contributed by atoms with Gasteiger partial charge >= 0.3 is 12.0 Å². The van der Waals surface area contributed by atoms with Crippen LogP contribution in [0.15, 0.2) is 18.7 Å². The van der Waals surface area contributed by atoms with Gasteiger partial charge in [0, 0.05) is 25.5 Å². The number of carboxylic acids is 1. The monoisotopic (exact) mass is 309 g/mol. The van der Waals surface area contributed by atoms with Gasteiger partial charge in [-0.2, -0.15) is 0 Å². The zero-order chi connectivity index (χ0) is 15.2. The number of imidazole rings is 1. The number of nitrogens with one attached hydrogen (secondary N) is 2.